The van der Waals surface area contributed by atoms with Gasteiger partial charge in [-0.2, -0.15) is 0 Å². The molecule has 0 aliphatic heterocycles. The topological polar surface area (TPSA) is 25.2 Å². The van der Waals surface area contributed by atoms with Crippen LogP contribution in [-0.2, 0) is 7.05 Å². The van der Waals surface area contributed by atoms with Crippen LogP contribution in [0.15, 0.2) is 36.5 Å². The minimum absolute atomic E-state index is 0.208. The zero-order chi connectivity index (χ0) is 11.7. The smallest absolute Gasteiger partial charge is 0.126 e. The van der Waals surface area contributed by atoms with E-state index in [1.165, 1.54) is 0 Å². The maximum absolute atomic E-state index is 13.0. The first kappa shape index (κ1) is 10.8. The molecule has 0 saturated heterocycles. The second-order valence-corrected chi connectivity index (χ2v) is 3.65. The molecule has 0 amide bonds. The normalized spacial score (nSPS) is 12.8. The Morgan fingerprint density at radius 3 is 2.31 bits per heavy atom. The monoisotopic (exact) mass is 223 g/mol. The number of halogens is 2. The molecule has 2 nitrogen and oxygen atoms in total. The van der Waals surface area contributed by atoms with Crippen molar-refractivity contribution in [3.05, 3.63) is 59.4 Å². The molecule has 2 rings (SSSR count). The number of nitrogens with zero attached hydrogens (tertiary/aromatic N) is 1. The summed E-state index contributed by atoms with van der Waals surface area (Å²) in [7, 11) is 1.76. The van der Waals surface area contributed by atoms with Gasteiger partial charge in [-0.1, -0.05) is 0 Å². The van der Waals surface area contributed by atoms with E-state index in [1.54, 1.807) is 29.9 Å². The zero-order valence-electron chi connectivity index (χ0n) is 8.69. The lowest BCUT2D eigenvalue weighted by Crippen LogP contribution is -2.05. The Balaban J connectivity index is 2.41. The summed E-state index contributed by atoms with van der Waals surface area (Å²) in [6.45, 7) is 0. The molecule has 0 aliphatic rings. The van der Waals surface area contributed by atoms with Gasteiger partial charge < -0.3 is 9.67 Å². The molecule has 1 N–H and O–H groups in total. The van der Waals surface area contributed by atoms with E-state index in [0.717, 1.165) is 18.2 Å². The highest BCUT2D eigenvalue weighted by atomic mass is 19.1. The Hall–Kier alpha value is -1.68. The molecule has 2 aromatic rings. The van der Waals surface area contributed by atoms with Crippen molar-refractivity contribution >= 4 is 0 Å². The van der Waals surface area contributed by atoms with Crippen LogP contribution in [0.2, 0.25) is 0 Å². The first-order valence-electron chi connectivity index (χ1n) is 4.83. The number of rotatable bonds is 2. The second-order valence-electron chi connectivity index (χ2n) is 3.65. The van der Waals surface area contributed by atoms with Gasteiger partial charge in [-0.05, 0) is 29.8 Å². The number of hydrogen-bond donors (Lipinski definition) is 1. The van der Waals surface area contributed by atoms with Gasteiger partial charge in [0, 0.05) is 19.3 Å². The van der Waals surface area contributed by atoms with Gasteiger partial charge in [0.25, 0.3) is 0 Å². The van der Waals surface area contributed by atoms with Crippen molar-refractivity contribution in [2.24, 2.45) is 7.05 Å². The number of aromatic nitrogens is 1. The minimum Gasteiger partial charge on any atom is -0.382 e. The average Bonchev–Trinajstić information content (AvgIpc) is 2.62. The molecular weight excluding hydrogens is 212 g/mol. The highest BCUT2D eigenvalue weighted by Crippen LogP contribution is 2.23. The number of benzene rings is 1. The number of aryl methyl sites for hydroxylation is 1. The fourth-order valence-corrected chi connectivity index (χ4v) is 1.66. The summed E-state index contributed by atoms with van der Waals surface area (Å²) < 4.78 is 27.6. The van der Waals surface area contributed by atoms with E-state index in [4.69, 9.17) is 0 Å². The summed E-state index contributed by atoms with van der Waals surface area (Å²) in [4.78, 5) is 0. The molecule has 1 heterocycles. The Kier molecular flexibility index (Phi) is 2.75. The van der Waals surface area contributed by atoms with E-state index in [1.807, 2.05) is 0 Å². The predicted octanol–water partition coefficient (Wildman–Crippen LogP) is 2.39. The van der Waals surface area contributed by atoms with Crippen LogP contribution < -0.4 is 0 Å². The first-order chi connectivity index (χ1) is 7.58. The predicted molar refractivity (Wildman–Crippen MR) is 55.8 cm³/mol. The molecule has 84 valence electrons. The fourth-order valence-electron chi connectivity index (χ4n) is 1.66. The van der Waals surface area contributed by atoms with Crippen molar-refractivity contribution in [1.29, 1.82) is 0 Å². The van der Waals surface area contributed by atoms with Gasteiger partial charge in [-0.3, -0.25) is 0 Å². The summed E-state index contributed by atoms with van der Waals surface area (Å²) >= 11 is 0. The largest absolute Gasteiger partial charge is 0.382 e. The molecular formula is C12H11F2NO. The van der Waals surface area contributed by atoms with Crippen molar-refractivity contribution in [2.45, 2.75) is 6.10 Å². The summed E-state index contributed by atoms with van der Waals surface area (Å²) in [5, 5.41) is 9.96. The number of hydrogen-bond acceptors (Lipinski definition) is 1. The van der Waals surface area contributed by atoms with Crippen LogP contribution in [0.3, 0.4) is 0 Å². The maximum Gasteiger partial charge on any atom is 0.126 e. The molecule has 1 atom stereocenters. The van der Waals surface area contributed by atoms with Crippen LogP contribution in [0, 0.1) is 11.6 Å². The molecule has 0 fully saturated rings. The Bertz CT molecular complexity index is 487. The third-order valence-corrected chi connectivity index (χ3v) is 2.46. The molecule has 4 heteroatoms. The fraction of sp³-hybridized carbons (Fsp3) is 0.167. The second kappa shape index (κ2) is 4.06. The van der Waals surface area contributed by atoms with Crippen LogP contribution in [0.1, 0.15) is 17.4 Å². The van der Waals surface area contributed by atoms with E-state index in [9.17, 15) is 13.9 Å². The summed E-state index contributed by atoms with van der Waals surface area (Å²) in [5.74, 6) is -1.38. The highest BCUT2D eigenvalue weighted by Gasteiger charge is 2.14. The molecule has 0 saturated carbocycles. The van der Waals surface area contributed by atoms with Gasteiger partial charge in [0.05, 0.1) is 5.69 Å². The Labute approximate surface area is 91.8 Å². The number of aliphatic hydroxyl groups excluding tert-OH is 1. The molecule has 1 aromatic heterocycles. The van der Waals surface area contributed by atoms with Gasteiger partial charge in [0.2, 0.25) is 0 Å². The van der Waals surface area contributed by atoms with Gasteiger partial charge >= 0.3 is 0 Å². The van der Waals surface area contributed by atoms with Crippen molar-refractivity contribution in [1.82, 2.24) is 4.57 Å². The molecule has 0 aliphatic carbocycles. The molecule has 16 heavy (non-hydrogen) atoms. The summed E-state index contributed by atoms with van der Waals surface area (Å²) in [6, 6.07) is 6.49. The van der Waals surface area contributed by atoms with Gasteiger partial charge in [-0.25, -0.2) is 8.78 Å². The Morgan fingerprint density at radius 1 is 1.19 bits per heavy atom. The third-order valence-electron chi connectivity index (χ3n) is 2.46. The standard InChI is InChI=1S/C12H11F2NO/c1-15-4-2-3-11(15)12(16)8-5-9(13)7-10(14)6-8/h2-7,12,16H,1H3/t12-/m1/s1. The molecule has 0 unspecified atom stereocenters. The maximum atomic E-state index is 13.0. The van der Waals surface area contributed by atoms with Crippen LogP contribution in [0.5, 0.6) is 0 Å². The number of aliphatic hydroxyl groups is 1. The van der Waals surface area contributed by atoms with Crippen LogP contribution in [0.4, 0.5) is 8.78 Å². The summed E-state index contributed by atoms with van der Waals surface area (Å²) in [5.41, 5.74) is 0.796. The molecule has 0 bridgehead atoms. The summed E-state index contributed by atoms with van der Waals surface area (Å²) in [6.07, 6.45) is 0.735. The zero-order valence-corrected chi connectivity index (χ0v) is 8.69. The van der Waals surface area contributed by atoms with Crippen LogP contribution in [0.25, 0.3) is 0 Å². The van der Waals surface area contributed by atoms with Crippen molar-refractivity contribution < 1.29 is 13.9 Å². The van der Waals surface area contributed by atoms with Crippen molar-refractivity contribution in [3.8, 4) is 0 Å². The Morgan fingerprint density at radius 2 is 1.81 bits per heavy atom. The van der Waals surface area contributed by atoms with Crippen molar-refractivity contribution in [3.63, 3.8) is 0 Å². The lowest BCUT2D eigenvalue weighted by molar-refractivity contribution is 0.210. The highest BCUT2D eigenvalue weighted by molar-refractivity contribution is 5.27. The lowest BCUT2D eigenvalue weighted by atomic mass is 10.1. The average molecular weight is 223 g/mol. The molecule has 0 radical (unpaired) electrons. The van der Waals surface area contributed by atoms with E-state index in [0.29, 0.717) is 5.69 Å². The van der Waals surface area contributed by atoms with Gasteiger partial charge in [0.15, 0.2) is 0 Å². The minimum atomic E-state index is -1.02. The van der Waals surface area contributed by atoms with Gasteiger partial charge in [0.1, 0.15) is 17.7 Å². The van der Waals surface area contributed by atoms with Crippen LogP contribution >= 0.6 is 0 Å². The van der Waals surface area contributed by atoms with E-state index in [-0.39, 0.29) is 5.56 Å². The first-order valence-corrected chi connectivity index (χ1v) is 4.83. The lowest BCUT2D eigenvalue weighted by Gasteiger charge is -2.12. The van der Waals surface area contributed by atoms with E-state index in [2.05, 4.69) is 0 Å². The quantitative estimate of drug-likeness (QED) is 0.830. The van der Waals surface area contributed by atoms with Crippen LogP contribution in [-0.4, -0.2) is 9.67 Å². The van der Waals surface area contributed by atoms with Crippen molar-refractivity contribution in [2.75, 3.05) is 0 Å². The van der Waals surface area contributed by atoms with E-state index < -0.39 is 17.7 Å². The third kappa shape index (κ3) is 1.97. The molecule has 1 aromatic carbocycles. The molecule has 0 spiro atoms. The van der Waals surface area contributed by atoms with Gasteiger partial charge in [-0.15, -0.1) is 0 Å². The SMILES string of the molecule is Cn1cccc1[C@H](O)c1cc(F)cc(F)c1. The van der Waals surface area contributed by atoms with E-state index >= 15 is 0 Å².